The van der Waals surface area contributed by atoms with E-state index in [-0.39, 0.29) is 0 Å². The Hall–Kier alpha value is 0.270. The number of nitrogens with two attached hydrogens (primary N) is 1. The predicted octanol–water partition coefficient (Wildman–Crippen LogP) is 1.64. The summed E-state index contributed by atoms with van der Waals surface area (Å²) in [6.07, 6.45) is 7.35. The van der Waals surface area contributed by atoms with Gasteiger partial charge < -0.3 is 10.5 Å². The molecule has 1 saturated carbocycles. The van der Waals surface area contributed by atoms with Crippen LogP contribution in [-0.2, 0) is 4.74 Å². The van der Waals surface area contributed by atoms with Crippen molar-refractivity contribution in [2.75, 3.05) is 26.0 Å². The molecule has 0 aromatic carbocycles. The Labute approximate surface area is 84.6 Å². The lowest BCUT2D eigenvalue weighted by Crippen LogP contribution is -2.55. The summed E-state index contributed by atoms with van der Waals surface area (Å²) < 4.78 is 5.81. The predicted molar refractivity (Wildman–Crippen MR) is 57.0 cm³/mol. The molecule has 2 aliphatic rings. The highest BCUT2D eigenvalue weighted by Crippen LogP contribution is 2.59. The molecular weight excluding hydrogens is 182 g/mol. The number of rotatable bonds is 2. The fourth-order valence-electron chi connectivity index (χ4n) is 2.85. The molecule has 1 aliphatic carbocycles. The van der Waals surface area contributed by atoms with Crippen molar-refractivity contribution < 1.29 is 4.74 Å². The molecule has 1 heterocycles. The third-order valence-electron chi connectivity index (χ3n) is 3.75. The van der Waals surface area contributed by atoms with Gasteiger partial charge in [-0.1, -0.05) is 0 Å². The first-order valence-electron chi connectivity index (χ1n) is 5.07. The van der Waals surface area contributed by atoms with Crippen molar-refractivity contribution in [2.24, 2.45) is 11.1 Å². The van der Waals surface area contributed by atoms with Crippen LogP contribution in [0.4, 0.5) is 0 Å². The molecule has 0 aromatic heterocycles. The van der Waals surface area contributed by atoms with Crippen molar-refractivity contribution >= 4 is 11.8 Å². The second-order valence-electron chi connectivity index (χ2n) is 4.56. The average molecular weight is 201 g/mol. The van der Waals surface area contributed by atoms with E-state index in [1.807, 2.05) is 11.8 Å². The van der Waals surface area contributed by atoms with E-state index in [0.717, 1.165) is 19.8 Å². The molecule has 1 aliphatic heterocycles. The van der Waals surface area contributed by atoms with Gasteiger partial charge in [-0.2, -0.15) is 11.8 Å². The molecule has 0 amide bonds. The third-order valence-corrected chi connectivity index (χ3v) is 5.07. The lowest BCUT2D eigenvalue weighted by atomic mass is 9.57. The Balaban J connectivity index is 1.93. The number of hydrogen-bond donors (Lipinski definition) is 1. The maximum atomic E-state index is 5.82. The number of hydrogen-bond acceptors (Lipinski definition) is 3. The van der Waals surface area contributed by atoms with Gasteiger partial charge in [0.2, 0.25) is 0 Å². The second kappa shape index (κ2) is 3.44. The topological polar surface area (TPSA) is 35.2 Å². The summed E-state index contributed by atoms with van der Waals surface area (Å²) in [4.78, 5) is 0. The van der Waals surface area contributed by atoms with Gasteiger partial charge in [-0.3, -0.25) is 0 Å². The van der Waals surface area contributed by atoms with E-state index >= 15 is 0 Å². The van der Waals surface area contributed by atoms with Gasteiger partial charge in [0.05, 0.1) is 0 Å². The quantitative estimate of drug-likeness (QED) is 0.737. The molecule has 0 unspecified atom stereocenters. The molecule has 2 fully saturated rings. The molecule has 2 N–H and O–H groups in total. The minimum atomic E-state index is 0.414. The molecule has 3 heteroatoms. The molecule has 1 spiro atoms. The highest BCUT2D eigenvalue weighted by Gasteiger charge is 2.53. The maximum absolute atomic E-state index is 5.82. The highest BCUT2D eigenvalue weighted by atomic mass is 32.2. The Kier molecular flexibility index (Phi) is 2.60. The first-order valence-corrected chi connectivity index (χ1v) is 6.30. The van der Waals surface area contributed by atoms with Gasteiger partial charge in [0.15, 0.2) is 0 Å². The van der Waals surface area contributed by atoms with Crippen LogP contribution in [-0.4, -0.2) is 30.8 Å². The second-order valence-corrected chi connectivity index (χ2v) is 5.83. The first kappa shape index (κ1) is 9.81. The summed E-state index contributed by atoms with van der Waals surface area (Å²) in [5, 5.41) is 0. The van der Waals surface area contributed by atoms with Crippen molar-refractivity contribution in [3.05, 3.63) is 0 Å². The zero-order valence-electron chi connectivity index (χ0n) is 8.34. The Morgan fingerprint density at radius 3 is 2.38 bits per heavy atom. The normalized spacial score (nSPS) is 30.0. The van der Waals surface area contributed by atoms with Crippen molar-refractivity contribution in [2.45, 2.75) is 30.4 Å². The Bertz CT molecular complexity index is 175. The van der Waals surface area contributed by atoms with Crippen LogP contribution in [0.2, 0.25) is 0 Å². The summed E-state index contributed by atoms with van der Waals surface area (Å²) in [5.74, 6) is 0. The summed E-state index contributed by atoms with van der Waals surface area (Å²) in [6, 6.07) is 0. The average Bonchev–Trinajstić information content (AvgIpc) is 2.15. The molecule has 0 atom stereocenters. The van der Waals surface area contributed by atoms with E-state index in [0.29, 0.717) is 10.2 Å². The summed E-state index contributed by atoms with van der Waals surface area (Å²) >= 11 is 1.96. The van der Waals surface area contributed by atoms with E-state index < -0.39 is 0 Å². The number of ether oxygens (including phenoxy) is 1. The van der Waals surface area contributed by atoms with E-state index in [9.17, 15) is 0 Å². The van der Waals surface area contributed by atoms with Crippen molar-refractivity contribution in [1.29, 1.82) is 0 Å². The SMILES string of the molecule is CSC1(CN)CC2(CCOCC2)C1. The van der Waals surface area contributed by atoms with E-state index in [4.69, 9.17) is 10.5 Å². The van der Waals surface area contributed by atoms with E-state index in [2.05, 4.69) is 6.26 Å². The standard InChI is InChI=1S/C10H19NOS/c1-13-10(8-11)6-9(7-10)2-4-12-5-3-9/h2-8,11H2,1H3. The third kappa shape index (κ3) is 1.62. The number of thioether (sulfide) groups is 1. The van der Waals surface area contributed by atoms with Crippen LogP contribution in [0.3, 0.4) is 0 Å². The van der Waals surface area contributed by atoms with Crippen LogP contribution in [0.25, 0.3) is 0 Å². The summed E-state index contributed by atoms with van der Waals surface area (Å²) in [7, 11) is 0. The Morgan fingerprint density at radius 2 is 1.92 bits per heavy atom. The first-order chi connectivity index (χ1) is 6.24. The van der Waals surface area contributed by atoms with Gasteiger partial charge in [0, 0.05) is 24.5 Å². The molecule has 1 saturated heterocycles. The molecule has 76 valence electrons. The molecule has 2 nitrogen and oxygen atoms in total. The van der Waals surface area contributed by atoms with Gasteiger partial charge in [-0.25, -0.2) is 0 Å². The lowest BCUT2D eigenvalue weighted by Gasteiger charge is -2.57. The summed E-state index contributed by atoms with van der Waals surface area (Å²) in [6.45, 7) is 2.78. The minimum Gasteiger partial charge on any atom is -0.381 e. The van der Waals surface area contributed by atoms with Crippen LogP contribution in [0, 0.1) is 5.41 Å². The monoisotopic (exact) mass is 201 g/mol. The molecule has 13 heavy (non-hydrogen) atoms. The van der Waals surface area contributed by atoms with Crippen LogP contribution < -0.4 is 5.73 Å². The Morgan fingerprint density at radius 1 is 1.31 bits per heavy atom. The van der Waals surface area contributed by atoms with Crippen LogP contribution >= 0.6 is 11.8 Å². The van der Waals surface area contributed by atoms with Crippen molar-refractivity contribution in [1.82, 2.24) is 0 Å². The van der Waals surface area contributed by atoms with Crippen LogP contribution in [0.15, 0.2) is 0 Å². The van der Waals surface area contributed by atoms with Crippen molar-refractivity contribution in [3.63, 3.8) is 0 Å². The lowest BCUT2D eigenvalue weighted by molar-refractivity contribution is -0.0450. The van der Waals surface area contributed by atoms with E-state index in [1.165, 1.54) is 25.7 Å². The van der Waals surface area contributed by atoms with Gasteiger partial charge in [0.1, 0.15) is 0 Å². The minimum absolute atomic E-state index is 0.414. The zero-order chi connectivity index (χ0) is 9.36. The van der Waals surface area contributed by atoms with Gasteiger partial charge in [-0.05, 0) is 37.4 Å². The smallest absolute Gasteiger partial charge is 0.0471 e. The van der Waals surface area contributed by atoms with Gasteiger partial charge >= 0.3 is 0 Å². The largest absolute Gasteiger partial charge is 0.381 e. The van der Waals surface area contributed by atoms with Crippen LogP contribution in [0.1, 0.15) is 25.7 Å². The van der Waals surface area contributed by atoms with Crippen LogP contribution in [0.5, 0.6) is 0 Å². The van der Waals surface area contributed by atoms with Gasteiger partial charge in [0.25, 0.3) is 0 Å². The fourth-order valence-corrected chi connectivity index (χ4v) is 3.91. The van der Waals surface area contributed by atoms with Gasteiger partial charge in [-0.15, -0.1) is 0 Å². The molecule has 2 rings (SSSR count). The molecule has 0 radical (unpaired) electrons. The van der Waals surface area contributed by atoms with Crippen molar-refractivity contribution in [3.8, 4) is 0 Å². The maximum Gasteiger partial charge on any atom is 0.0471 e. The fraction of sp³-hybridized carbons (Fsp3) is 1.00. The van der Waals surface area contributed by atoms with E-state index in [1.54, 1.807) is 0 Å². The summed E-state index contributed by atoms with van der Waals surface area (Å²) in [5.41, 5.74) is 6.43. The molecule has 0 aromatic rings. The highest BCUT2D eigenvalue weighted by molar-refractivity contribution is 8.00. The zero-order valence-corrected chi connectivity index (χ0v) is 9.16. The molecule has 0 bridgehead atoms. The molecular formula is C10H19NOS.